The van der Waals surface area contributed by atoms with E-state index >= 15 is 0 Å². The number of hydrogen-bond donors (Lipinski definition) is 2. The first-order chi connectivity index (χ1) is 6.22. The smallest absolute Gasteiger partial charge is 0.0538 e. The van der Waals surface area contributed by atoms with E-state index < -0.39 is 0 Å². The molecule has 13 heavy (non-hydrogen) atoms. The Morgan fingerprint density at radius 2 is 2.38 bits per heavy atom. The van der Waals surface area contributed by atoms with Crippen LogP contribution in [-0.4, -0.2) is 23.2 Å². The van der Waals surface area contributed by atoms with Crippen molar-refractivity contribution in [3.05, 3.63) is 22.9 Å². The highest BCUT2D eigenvalue weighted by atomic mass is 79.9. The molecule has 3 nitrogen and oxygen atoms in total. The fraction of sp³-hybridized carbons (Fsp3) is 0.444. The van der Waals surface area contributed by atoms with Gasteiger partial charge in [0.2, 0.25) is 0 Å². The number of aliphatic hydroxyl groups is 1. The van der Waals surface area contributed by atoms with Gasteiger partial charge in [0, 0.05) is 23.8 Å². The maximum atomic E-state index is 8.80. The molecule has 4 heteroatoms. The molecule has 0 aliphatic rings. The van der Waals surface area contributed by atoms with E-state index in [4.69, 9.17) is 5.11 Å². The van der Waals surface area contributed by atoms with Crippen LogP contribution in [0.1, 0.15) is 6.92 Å². The van der Waals surface area contributed by atoms with Crippen LogP contribution in [0.15, 0.2) is 22.9 Å². The van der Waals surface area contributed by atoms with Crippen molar-refractivity contribution < 1.29 is 5.11 Å². The van der Waals surface area contributed by atoms with Gasteiger partial charge >= 0.3 is 0 Å². The number of halogens is 1. The molecule has 1 aromatic rings. The minimum Gasteiger partial charge on any atom is -0.396 e. The van der Waals surface area contributed by atoms with Crippen molar-refractivity contribution in [1.82, 2.24) is 4.98 Å². The number of nitrogens with one attached hydrogen (secondary N) is 1. The lowest BCUT2D eigenvalue weighted by Gasteiger charge is -2.10. The van der Waals surface area contributed by atoms with Crippen molar-refractivity contribution >= 4 is 21.6 Å². The van der Waals surface area contributed by atoms with Gasteiger partial charge in [0.15, 0.2) is 0 Å². The van der Waals surface area contributed by atoms with Crippen molar-refractivity contribution in [2.75, 3.05) is 18.5 Å². The largest absolute Gasteiger partial charge is 0.396 e. The lowest BCUT2D eigenvalue weighted by atomic mass is 10.2. The molecule has 0 aromatic carbocycles. The molecule has 0 saturated heterocycles. The van der Waals surface area contributed by atoms with Crippen molar-refractivity contribution in [2.45, 2.75) is 6.92 Å². The number of anilines is 1. The zero-order chi connectivity index (χ0) is 9.68. The number of nitrogens with zero attached hydrogens (tertiary/aromatic N) is 1. The second-order valence-electron chi connectivity index (χ2n) is 3.06. The highest BCUT2D eigenvalue weighted by Gasteiger charge is 1.99. The van der Waals surface area contributed by atoms with Crippen LogP contribution in [0.5, 0.6) is 0 Å². The molecule has 0 aliphatic heterocycles. The van der Waals surface area contributed by atoms with Crippen LogP contribution in [0, 0.1) is 5.92 Å². The predicted molar refractivity (Wildman–Crippen MR) is 56.7 cm³/mol. The molecule has 1 aromatic heterocycles. The van der Waals surface area contributed by atoms with E-state index in [9.17, 15) is 0 Å². The standard InChI is InChI=1S/C9H13BrN2O/c1-7(6-13)3-12-9-2-8(10)4-11-5-9/h2,4-5,7,12-13H,3,6H2,1H3. The van der Waals surface area contributed by atoms with Gasteiger partial charge in [-0.2, -0.15) is 0 Å². The highest BCUT2D eigenvalue weighted by Crippen LogP contribution is 2.13. The Kier molecular flexibility index (Phi) is 4.18. The summed E-state index contributed by atoms with van der Waals surface area (Å²) in [6.07, 6.45) is 3.50. The van der Waals surface area contributed by atoms with Gasteiger partial charge in [0.05, 0.1) is 11.9 Å². The third-order valence-corrected chi connectivity index (χ3v) is 2.10. The summed E-state index contributed by atoms with van der Waals surface area (Å²) in [7, 11) is 0. The number of pyridine rings is 1. The molecule has 0 saturated carbocycles. The van der Waals surface area contributed by atoms with E-state index in [2.05, 4.69) is 26.2 Å². The Morgan fingerprint density at radius 1 is 1.62 bits per heavy atom. The van der Waals surface area contributed by atoms with Gasteiger partial charge in [-0.05, 0) is 27.9 Å². The molecule has 0 fully saturated rings. The van der Waals surface area contributed by atoms with E-state index in [-0.39, 0.29) is 12.5 Å². The van der Waals surface area contributed by atoms with E-state index in [0.717, 1.165) is 16.7 Å². The van der Waals surface area contributed by atoms with Crippen LogP contribution >= 0.6 is 15.9 Å². The Morgan fingerprint density at radius 3 is 3.00 bits per heavy atom. The Bertz CT molecular complexity index is 268. The summed E-state index contributed by atoms with van der Waals surface area (Å²) < 4.78 is 0.953. The predicted octanol–water partition coefficient (Wildman–Crippen LogP) is 1.88. The minimum atomic E-state index is 0.203. The minimum absolute atomic E-state index is 0.203. The van der Waals surface area contributed by atoms with Crippen LogP contribution in [0.4, 0.5) is 5.69 Å². The van der Waals surface area contributed by atoms with E-state index in [1.807, 2.05) is 13.0 Å². The molecule has 0 aliphatic carbocycles. The van der Waals surface area contributed by atoms with E-state index in [1.165, 1.54) is 0 Å². The fourth-order valence-electron chi connectivity index (χ4n) is 0.865. The third-order valence-electron chi connectivity index (χ3n) is 1.67. The second-order valence-corrected chi connectivity index (χ2v) is 3.98. The summed E-state index contributed by atoms with van der Waals surface area (Å²) in [6.45, 7) is 2.95. The molecule has 1 unspecified atom stereocenters. The highest BCUT2D eigenvalue weighted by molar-refractivity contribution is 9.10. The number of hydrogen-bond acceptors (Lipinski definition) is 3. The monoisotopic (exact) mass is 244 g/mol. The quantitative estimate of drug-likeness (QED) is 0.851. The van der Waals surface area contributed by atoms with Gasteiger partial charge in [-0.1, -0.05) is 6.92 Å². The summed E-state index contributed by atoms with van der Waals surface area (Å²) in [6, 6.07) is 1.96. The van der Waals surface area contributed by atoms with Gasteiger partial charge in [-0.15, -0.1) is 0 Å². The zero-order valence-corrected chi connectivity index (χ0v) is 9.08. The summed E-state index contributed by atoms with van der Waals surface area (Å²) in [4.78, 5) is 4.02. The van der Waals surface area contributed by atoms with Crippen molar-refractivity contribution in [2.24, 2.45) is 5.92 Å². The van der Waals surface area contributed by atoms with Crippen LogP contribution in [0.3, 0.4) is 0 Å². The first kappa shape index (κ1) is 10.5. The molecule has 0 spiro atoms. The molecular weight excluding hydrogens is 232 g/mol. The van der Waals surface area contributed by atoms with Crippen LogP contribution in [-0.2, 0) is 0 Å². The zero-order valence-electron chi connectivity index (χ0n) is 7.50. The Labute approximate surface area is 86.3 Å². The summed E-state index contributed by atoms with van der Waals surface area (Å²) in [5, 5.41) is 12.0. The lowest BCUT2D eigenvalue weighted by Crippen LogP contribution is -2.14. The van der Waals surface area contributed by atoms with Crippen molar-refractivity contribution in [3.8, 4) is 0 Å². The molecule has 2 N–H and O–H groups in total. The summed E-state index contributed by atoms with van der Waals surface area (Å²) >= 11 is 3.33. The van der Waals surface area contributed by atoms with Crippen LogP contribution in [0.2, 0.25) is 0 Å². The lowest BCUT2D eigenvalue weighted by molar-refractivity contribution is 0.244. The van der Waals surface area contributed by atoms with E-state index in [0.29, 0.717) is 0 Å². The maximum Gasteiger partial charge on any atom is 0.0538 e. The first-order valence-electron chi connectivity index (χ1n) is 4.17. The Hall–Kier alpha value is -0.610. The van der Waals surface area contributed by atoms with Gasteiger partial charge in [0.25, 0.3) is 0 Å². The molecule has 0 radical (unpaired) electrons. The van der Waals surface area contributed by atoms with Crippen LogP contribution < -0.4 is 5.32 Å². The van der Waals surface area contributed by atoms with E-state index in [1.54, 1.807) is 12.4 Å². The van der Waals surface area contributed by atoms with Crippen molar-refractivity contribution in [1.29, 1.82) is 0 Å². The molecule has 1 atom stereocenters. The molecule has 1 rings (SSSR count). The SMILES string of the molecule is CC(CO)CNc1cncc(Br)c1. The van der Waals surface area contributed by atoms with Crippen LogP contribution in [0.25, 0.3) is 0 Å². The number of aliphatic hydroxyl groups excluding tert-OH is 1. The topological polar surface area (TPSA) is 45.1 Å². The maximum absolute atomic E-state index is 8.80. The fourth-order valence-corrected chi connectivity index (χ4v) is 1.23. The first-order valence-corrected chi connectivity index (χ1v) is 4.97. The van der Waals surface area contributed by atoms with Gasteiger partial charge < -0.3 is 10.4 Å². The molecule has 0 bridgehead atoms. The molecule has 72 valence electrons. The second kappa shape index (κ2) is 5.19. The summed E-state index contributed by atoms with van der Waals surface area (Å²) in [5.74, 6) is 0.263. The summed E-state index contributed by atoms with van der Waals surface area (Å²) in [5.41, 5.74) is 0.967. The molecular formula is C9H13BrN2O. The third kappa shape index (κ3) is 3.74. The Balaban J connectivity index is 2.45. The van der Waals surface area contributed by atoms with Gasteiger partial charge in [-0.3, -0.25) is 4.98 Å². The van der Waals surface area contributed by atoms with Gasteiger partial charge in [0.1, 0.15) is 0 Å². The number of aromatic nitrogens is 1. The molecule has 1 heterocycles. The normalized spacial score (nSPS) is 12.5. The average molecular weight is 245 g/mol. The average Bonchev–Trinajstić information content (AvgIpc) is 2.14. The number of rotatable bonds is 4. The molecule has 0 amide bonds. The van der Waals surface area contributed by atoms with Gasteiger partial charge in [-0.25, -0.2) is 0 Å². The van der Waals surface area contributed by atoms with Crippen molar-refractivity contribution in [3.63, 3.8) is 0 Å².